The first-order valence-corrected chi connectivity index (χ1v) is 37.4. The van der Waals surface area contributed by atoms with E-state index in [-0.39, 0.29) is 84.4 Å². The Morgan fingerprint density at radius 2 is 1.53 bits per heavy atom. The second-order valence-electron chi connectivity index (χ2n) is 26.1. The molecule has 8 aromatic rings. The zero-order chi connectivity index (χ0) is 77.1. The summed E-state index contributed by atoms with van der Waals surface area (Å²) in [6.07, 6.45) is 3.84. The van der Waals surface area contributed by atoms with Gasteiger partial charge in [-0.25, -0.2) is 43.0 Å². The van der Waals surface area contributed by atoms with E-state index in [2.05, 4.69) is 41.1 Å². The molecule has 1 saturated heterocycles. The van der Waals surface area contributed by atoms with Crippen LogP contribution < -0.4 is 45.9 Å². The number of halogens is 2. The summed E-state index contributed by atoms with van der Waals surface area (Å²) in [4.78, 5) is 122. The minimum Gasteiger partial charge on any atom is -0.496 e. The van der Waals surface area contributed by atoms with E-state index in [9.17, 15) is 52.5 Å². The number of anilines is 1. The van der Waals surface area contributed by atoms with Gasteiger partial charge in [0, 0.05) is 73.5 Å². The van der Waals surface area contributed by atoms with Crippen LogP contribution in [0.3, 0.4) is 0 Å². The highest BCUT2D eigenvalue weighted by molar-refractivity contribution is 7.47. The summed E-state index contributed by atoms with van der Waals surface area (Å²) in [7, 11) is -1.09. The number of nitrogens with two attached hydrogens (primary N) is 1. The number of phosphoric ester groups is 1. The van der Waals surface area contributed by atoms with E-state index in [4.69, 9.17) is 55.1 Å². The maximum Gasteiger partial charge on any atom is 0.476 e. The highest BCUT2D eigenvalue weighted by atomic mass is 35.5. The van der Waals surface area contributed by atoms with Crippen LogP contribution >= 0.6 is 30.8 Å². The number of aromatic nitrogens is 4. The number of nitrogens with zero attached hydrogens (tertiary/aromatic N) is 7. The minimum absolute atomic E-state index is 0.000552. The van der Waals surface area contributed by atoms with Gasteiger partial charge >= 0.3 is 19.8 Å². The standard InChI is InChI=1S/C75H83ClFN12O17PS/c1-46(2)67(86-61(90)29-38-101-39-35-88-62(91)26-27-63(88)92)71(94)85-56(13-10-30-80-75(78)97)70(93)84-52-22-16-48(17-23-52)42-104-107(98,99)105-45-89(4)36-32-87(33-37-89)34-40-102-59-25-24-54(47(3)66(59)76)64-65-72(81-44-82-73(65)108-68(64)49-18-20-51(77)21-19-49)106-60(74(95)96)41-50-11-6-8-14-57(50)103-43-53-28-31-79-69(83-53)55-12-7-9-15-58(55)100-5/h6-9,11-12,14-28,31,44,46,56,60,67H,10,13,29-30,32-43,45H2,1-5H3,(H7-,78,80,84,85,86,90,93,94,95,96,97,98,99)/p+1/t56-,60+,67-/m0/s1. The number of carboxylic acid groups (broad SMARTS) is 1. The monoisotopic (exact) mass is 1540 g/mol. The quantitative estimate of drug-likeness (QED) is 0.00820. The zero-order valence-corrected chi connectivity index (χ0v) is 62.4. The minimum atomic E-state index is -4.58. The van der Waals surface area contributed by atoms with Crippen molar-refractivity contribution in [3.63, 3.8) is 0 Å². The average Bonchev–Trinajstić information content (AvgIpc) is 1.59. The smallest absolute Gasteiger partial charge is 0.476 e. The van der Waals surface area contributed by atoms with E-state index >= 15 is 0 Å². The molecule has 0 radical (unpaired) electrons. The summed E-state index contributed by atoms with van der Waals surface area (Å²) in [5, 5.41) is 22.1. The number of carbonyl (C=O) groups excluding carboxylic acids is 6. The number of rotatable bonds is 38. The van der Waals surface area contributed by atoms with E-state index in [1.807, 2.05) is 44.3 Å². The maximum absolute atomic E-state index is 14.5. The van der Waals surface area contributed by atoms with Crippen LogP contribution in [0.1, 0.15) is 55.5 Å². The van der Waals surface area contributed by atoms with Crippen molar-refractivity contribution in [2.75, 3.05) is 91.8 Å². The van der Waals surface area contributed by atoms with Gasteiger partial charge in [0.25, 0.3) is 11.8 Å². The van der Waals surface area contributed by atoms with E-state index in [1.54, 1.807) is 100.0 Å². The number of ether oxygens (including phenoxy) is 5. The van der Waals surface area contributed by atoms with E-state index in [1.165, 1.54) is 29.8 Å². The molecule has 2 aliphatic heterocycles. The summed E-state index contributed by atoms with van der Waals surface area (Å²) in [5.74, 6) is -2.89. The lowest BCUT2D eigenvalue weighted by Crippen LogP contribution is -2.58. The van der Waals surface area contributed by atoms with Crippen molar-refractivity contribution >= 4 is 88.2 Å². The number of carboxylic acids is 1. The molecule has 5 aromatic carbocycles. The first-order chi connectivity index (χ1) is 51.8. The number of urea groups is 1. The second kappa shape index (κ2) is 37.5. The van der Waals surface area contributed by atoms with E-state index < -0.39 is 79.3 Å². The first kappa shape index (κ1) is 80.2. The zero-order valence-electron chi connectivity index (χ0n) is 59.9. The lowest BCUT2D eigenvalue weighted by Gasteiger charge is -2.41. The number of imide groups is 1. The molecule has 33 heteroatoms. The molecular formula is C75H84ClFN12O17PS+. The molecule has 0 aliphatic carbocycles. The number of piperazine rings is 1. The molecule has 108 heavy (non-hydrogen) atoms. The maximum atomic E-state index is 14.5. The van der Waals surface area contributed by atoms with Crippen molar-refractivity contribution < 1.29 is 89.7 Å². The van der Waals surface area contributed by atoms with Crippen LogP contribution in [0, 0.1) is 18.7 Å². The van der Waals surface area contributed by atoms with E-state index in [0.717, 1.165) is 17.1 Å². The van der Waals surface area contributed by atoms with Gasteiger partial charge in [-0.1, -0.05) is 86.1 Å². The number of aliphatic carboxylic acids is 1. The number of quaternary nitrogens is 1. The van der Waals surface area contributed by atoms with Gasteiger partial charge in [0.15, 0.2) is 12.6 Å². The SMILES string of the molecule is COc1ccccc1-c1nccc(COc2ccccc2C[C@@H](Oc2ncnc3sc(-c4ccc(F)cc4)c(-c4ccc(OCCN5CC[N+](C)(COP(=O)(O)OCc6ccc(NC(=O)[C@H](CCCNC(N)=O)NC(=O)[C@@H](NC(=O)CCOCCN7C(=O)C=CC7=O)C(C)C)cc6)CC5)c(Cl)c4C)c23)C(=O)O)n1. The number of phosphoric acid groups is 1. The van der Waals surface area contributed by atoms with Crippen LogP contribution in [0.2, 0.25) is 5.02 Å². The van der Waals surface area contributed by atoms with Crippen LogP contribution in [-0.2, 0) is 66.8 Å². The Balaban J connectivity index is 0.706. The van der Waals surface area contributed by atoms with Gasteiger partial charge in [0.1, 0.15) is 59.5 Å². The number of fused-ring (bicyclic) bond motifs is 1. The lowest BCUT2D eigenvalue weighted by molar-refractivity contribution is -0.928. The molecule has 5 heterocycles. The van der Waals surface area contributed by atoms with Gasteiger partial charge in [-0.15, -0.1) is 11.3 Å². The van der Waals surface area contributed by atoms with Crippen LogP contribution in [0.5, 0.6) is 23.1 Å². The molecule has 0 saturated carbocycles. The molecule has 4 atom stereocenters. The highest BCUT2D eigenvalue weighted by Crippen LogP contribution is 2.50. The van der Waals surface area contributed by atoms with Crippen LogP contribution in [-0.4, -0.2) is 190 Å². The molecule has 1 fully saturated rings. The Bertz CT molecular complexity index is 4610. The van der Waals surface area contributed by atoms with Crippen LogP contribution in [0.25, 0.3) is 43.2 Å². The fraction of sp³-hybridized carbons (Fsp3) is 0.347. The van der Waals surface area contributed by atoms with Crippen molar-refractivity contribution in [1.29, 1.82) is 0 Å². The summed E-state index contributed by atoms with van der Waals surface area (Å²) >= 11 is 8.50. The van der Waals surface area contributed by atoms with Crippen molar-refractivity contribution in [3.8, 4) is 56.1 Å². The number of likely N-dealkylation sites (N-methyl/N-ethyl adjacent to an activating group) is 1. The molecule has 0 bridgehead atoms. The first-order valence-electron chi connectivity index (χ1n) is 34.7. The largest absolute Gasteiger partial charge is 0.496 e. The Hall–Kier alpha value is -10.3. The summed E-state index contributed by atoms with van der Waals surface area (Å²) in [6.45, 7) is 8.03. The van der Waals surface area contributed by atoms with Crippen molar-refractivity contribution in [2.24, 2.45) is 11.7 Å². The Labute approximate surface area is 631 Å². The fourth-order valence-corrected chi connectivity index (χ4v) is 14.0. The number of hydrogen-bond acceptors (Lipinski definition) is 21. The topological polar surface area (TPSA) is 374 Å². The van der Waals surface area contributed by atoms with Crippen molar-refractivity contribution in [1.82, 2.24) is 45.7 Å². The van der Waals surface area contributed by atoms with Gasteiger partial charge in [-0.3, -0.25) is 38.3 Å². The number of amides is 7. The number of benzene rings is 5. The third-order valence-corrected chi connectivity index (χ3v) is 20.5. The third kappa shape index (κ3) is 21.7. The molecule has 8 N–H and O–H groups in total. The average molecular weight is 1540 g/mol. The fourth-order valence-electron chi connectivity index (χ4n) is 11.9. The lowest BCUT2D eigenvalue weighted by atomic mass is 9.96. The van der Waals surface area contributed by atoms with Gasteiger partial charge < -0.3 is 65.2 Å². The number of methoxy groups -OCH3 is 1. The summed E-state index contributed by atoms with van der Waals surface area (Å²) < 4.78 is 69.0. The van der Waals surface area contributed by atoms with E-state index in [0.29, 0.717) is 131 Å². The molecule has 570 valence electrons. The Morgan fingerprint density at radius 1 is 0.806 bits per heavy atom. The number of para-hydroxylation sites is 2. The van der Waals surface area contributed by atoms with Crippen molar-refractivity contribution in [3.05, 3.63) is 173 Å². The van der Waals surface area contributed by atoms with Gasteiger partial charge in [-0.05, 0) is 108 Å². The van der Waals surface area contributed by atoms with Crippen LogP contribution in [0.4, 0.5) is 14.9 Å². The predicted molar refractivity (Wildman–Crippen MR) is 399 cm³/mol. The molecule has 29 nitrogen and oxygen atoms in total. The normalized spacial score (nSPS) is 14.9. The summed E-state index contributed by atoms with van der Waals surface area (Å²) in [5.41, 5.74) is 10.4. The van der Waals surface area contributed by atoms with Gasteiger partial charge in [-0.2, -0.15) is 0 Å². The Kier molecular flexibility index (Phi) is 27.8. The number of thiophene rings is 1. The van der Waals surface area contributed by atoms with Gasteiger partial charge in [0.2, 0.25) is 29.7 Å². The molecular weight excluding hydrogens is 1460 g/mol. The molecule has 2 aliphatic rings. The molecule has 0 spiro atoms. The number of hydrogen-bond donors (Lipinski definition) is 7. The number of carbonyl (C=O) groups is 7. The predicted octanol–water partition coefficient (Wildman–Crippen LogP) is 9.02. The van der Waals surface area contributed by atoms with Gasteiger partial charge in [0.05, 0.1) is 75.3 Å². The molecule has 1 unspecified atom stereocenters. The number of primary amides is 1. The molecule has 7 amide bonds. The Morgan fingerprint density at radius 3 is 2.24 bits per heavy atom. The molecule has 10 rings (SSSR count). The second-order valence-corrected chi connectivity index (χ2v) is 28.9. The van der Waals surface area contributed by atoms with Crippen molar-refractivity contribution in [2.45, 2.75) is 77.9 Å². The third-order valence-electron chi connectivity index (χ3n) is 18.0. The molecule has 3 aromatic heterocycles. The van der Waals surface area contributed by atoms with Crippen LogP contribution in [0.15, 0.2) is 140 Å². The highest BCUT2D eigenvalue weighted by Gasteiger charge is 2.35. The number of nitrogens with one attached hydrogen (secondary N) is 4. The summed E-state index contributed by atoms with van der Waals surface area (Å²) in [6, 6.07) is 29.1.